The van der Waals surface area contributed by atoms with Crippen molar-refractivity contribution in [2.24, 2.45) is 0 Å². The van der Waals surface area contributed by atoms with Crippen molar-refractivity contribution in [1.29, 1.82) is 0 Å². The van der Waals surface area contributed by atoms with E-state index >= 15 is 0 Å². The smallest absolute Gasteiger partial charge is 0.0625 e. The fourth-order valence-corrected chi connectivity index (χ4v) is 6.77. The Kier molecular flexibility index (Phi) is 4.11. The van der Waals surface area contributed by atoms with E-state index in [1.807, 2.05) is 0 Å². The summed E-state index contributed by atoms with van der Waals surface area (Å²) in [4.78, 5) is 0. The van der Waals surface area contributed by atoms with Crippen molar-refractivity contribution in [1.82, 2.24) is 4.57 Å². The molecule has 1 aromatic heterocycles. The SMILES string of the molecule is c1ccc2cc(-c3ccc(-n4c5ccccc5c5ccc6c(c54)-c4cccc5cccc-6c45)cc3)ccc2c1. The Morgan fingerprint density at radius 2 is 1.13 bits per heavy atom. The first-order chi connectivity index (χ1) is 19.3. The van der Waals surface area contributed by atoms with Crippen molar-refractivity contribution in [2.75, 3.05) is 0 Å². The highest BCUT2D eigenvalue weighted by atomic mass is 15.0. The molecule has 39 heavy (non-hydrogen) atoms. The zero-order valence-electron chi connectivity index (χ0n) is 21.2. The van der Waals surface area contributed by atoms with Crippen LogP contribution in [-0.2, 0) is 0 Å². The molecular weight excluding hydrogens is 470 g/mol. The number of hydrogen-bond donors (Lipinski definition) is 0. The van der Waals surface area contributed by atoms with Crippen molar-refractivity contribution in [3.05, 3.63) is 140 Å². The first-order valence-corrected chi connectivity index (χ1v) is 13.5. The van der Waals surface area contributed by atoms with Crippen LogP contribution in [0.1, 0.15) is 0 Å². The van der Waals surface area contributed by atoms with Crippen molar-refractivity contribution in [3.63, 3.8) is 0 Å². The molecule has 0 aliphatic heterocycles. The second-order valence-corrected chi connectivity index (χ2v) is 10.6. The summed E-state index contributed by atoms with van der Waals surface area (Å²) in [5.74, 6) is 0. The quantitative estimate of drug-likeness (QED) is 0.226. The lowest BCUT2D eigenvalue weighted by atomic mass is 10.00. The number of aromatic nitrogens is 1. The average molecular weight is 494 g/mol. The van der Waals surface area contributed by atoms with Crippen molar-refractivity contribution in [3.8, 4) is 39.1 Å². The van der Waals surface area contributed by atoms with Crippen LogP contribution >= 0.6 is 0 Å². The third-order valence-electron chi connectivity index (χ3n) is 8.51. The fourth-order valence-electron chi connectivity index (χ4n) is 6.77. The minimum absolute atomic E-state index is 1.18. The Morgan fingerprint density at radius 3 is 2.00 bits per heavy atom. The van der Waals surface area contributed by atoms with E-state index in [-0.39, 0.29) is 0 Å². The van der Waals surface area contributed by atoms with Gasteiger partial charge in [0.1, 0.15) is 0 Å². The van der Waals surface area contributed by atoms with Gasteiger partial charge in [0.2, 0.25) is 0 Å². The highest BCUT2D eigenvalue weighted by Gasteiger charge is 2.26. The standard InChI is InChI=1S/C38H23N/c1-2-8-27-23-28(16-15-24(27)7-1)25-17-19-29(20-18-25)39-35-14-4-3-11-30(35)33-22-21-32-31-12-5-9-26-10-6-13-34(36(26)31)37(32)38(33)39/h1-23H. The molecule has 0 spiro atoms. The molecule has 0 saturated carbocycles. The van der Waals surface area contributed by atoms with Gasteiger partial charge in [0, 0.05) is 22.0 Å². The fraction of sp³-hybridized carbons (Fsp3) is 0. The van der Waals surface area contributed by atoms with Gasteiger partial charge in [0.15, 0.2) is 0 Å². The second-order valence-electron chi connectivity index (χ2n) is 10.6. The van der Waals surface area contributed by atoms with Gasteiger partial charge in [-0.15, -0.1) is 0 Å². The highest BCUT2D eigenvalue weighted by molar-refractivity contribution is 6.24. The van der Waals surface area contributed by atoms with Gasteiger partial charge >= 0.3 is 0 Å². The molecule has 0 saturated heterocycles. The molecule has 7 aromatic carbocycles. The number of fused-ring (bicyclic) bond motifs is 8. The molecule has 0 amide bonds. The number of benzene rings is 7. The van der Waals surface area contributed by atoms with Gasteiger partial charge in [-0.1, -0.05) is 115 Å². The molecule has 1 aliphatic rings. The maximum Gasteiger partial charge on any atom is 0.0625 e. The normalized spacial score (nSPS) is 12.1. The Morgan fingerprint density at radius 1 is 0.410 bits per heavy atom. The molecule has 0 fully saturated rings. The number of nitrogens with zero attached hydrogens (tertiary/aromatic N) is 1. The van der Waals surface area contributed by atoms with Crippen LogP contribution in [0.25, 0.3) is 82.4 Å². The minimum atomic E-state index is 1.18. The average Bonchev–Trinajstić information content (AvgIpc) is 3.51. The molecule has 8 aromatic rings. The molecule has 180 valence electrons. The highest BCUT2D eigenvalue weighted by Crippen LogP contribution is 2.51. The Balaban J connectivity index is 1.31. The van der Waals surface area contributed by atoms with E-state index in [0.717, 1.165) is 0 Å². The minimum Gasteiger partial charge on any atom is -0.309 e. The van der Waals surface area contributed by atoms with Gasteiger partial charge in [-0.05, 0) is 73.6 Å². The lowest BCUT2D eigenvalue weighted by Gasteiger charge is -2.13. The van der Waals surface area contributed by atoms with Gasteiger partial charge < -0.3 is 4.57 Å². The third-order valence-corrected chi connectivity index (χ3v) is 8.51. The predicted octanol–water partition coefficient (Wildman–Crippen LogP) is 10.4. The molecule has 9 rings (SSSR count). The van der Waals surface area contributed by atoms with Gasteiger partial charge in [-0.2, -0.15) is 0 Å². The molecule has 1 heteroatoms. The first kappa shape index (κ1) is 20.9. The topological polar surface area (TPSA) is 4.93 Å². The van der Waals surface area contributed by atoms with Gasteiger partial charge in [-0.3, -0.25) is 0 Å². The van der Waals surface area contributed by atoms with Crippen LogP contribution in [0.2, 0.25) is 0 Å². The van der Waals surface area contributed by atoms with Crippen LogP contribution in [0.15, 0.2) is 140 Å². The summed E-state index contributed by atoms with van der Waals surface area (Å²) >= 11 is 0. The molecule has 1 aliphatic carbocycles. The number of hydrogen-bond acceptors (Lipinski definition) is 0. The van der Waals surface area contributed by atoms with Crippen LogP contribution in [-0.4, -0.2) is 4.57 Å². The lowest BCUT2D eigenvalue weighted by Crippen LogP contribution is -1.95. The summed E-state index contributed by atoms with van der Waals surface area (Å²) in [6.45, 7) is 0. The number of rotatable bonds is 2. The molecule has 0 N–H and O–H groups in total. The Labute approximate surface area is 226 Å². The maximum absolute atomic E-state index is 2.47. The lowest BCUT2D eigenvalue weighted by molar-refractivity contribution is 1.18. The molecule has 0 unspecified atom stereocenters. The number of para-hydroxylation sites is 1. The monoisotopic (exact) mass is 493 g/mol. The van der Waals surface area contributed by atoms with Gasteiger partial charge in [0.05, 0.1) is 11.0 Å². The van der Waals surface area contributed by atoms with E-state index in [0.29, 0.717) is 0 Å². The Bertz CT molecular complexity index is 2260. The summed E-state index contributed by atoms with van der Waals surface area (Å²) in [5.41, 5.74) is 11.5. The van der Waals surface area contributed by atoms with Crippen molar-refractivity contribution in [2.45, 2.75) is 0 Å². The van der Waals surface area contributed by atoms with E-state index in [4.69, 9.17) is 0 Å². The molecule has 1 heterocycles. The zero-order valence-corrected chi connectivity index (χ0v) is 21.2. The Hall–Kier alpha value is -5.14. The zero-order chi connectivity index (χ0) is 25.5. The van der Waals surface area contributed by atoms with Crippen molar-refractivity contribution >= 4 is 43.4 Å². The summed E-state index contributed by atoms with van der Waals surface area (Å²) in [5, 5.41) is 7.80. The molecule has 0 atom stereocenters. The predicted molar refractivity (Wildman–Crippen MR) is 166 cm³/mol. The molecule has 0 bridgehead atoms. The van der Waals surface area contributed by atoms with E-state index in [1.54, 1.807) is 0 Å². The van der Waals surface area contributed by atoms with Crippen LogP contribution < -0.4 is 0 Å². The van der Waals surface area contributed by atoms with Crippen LogP contribution in [0.4, 0.5) is 0 Å². The molecule has 0 radical (unpaired) electrons. The first-order valence-electron chi connectivity index (χ1n) is 13.5. The summed E-state index contributed by atoms with van der Waals surface area (Å²) in [6.07, 6.45) is 0. The van der Waals surface area contributed by atoms with Crippen molar-refractivity contribution < 1.29 is 0 Å². The maximum atomic E-state index is 2.47. The van der Waals surface area contributed by atoms with Crippen LogP contribution in [0.3, 0.4) is 0 Å². The van der Waals surface area contributed by atoms with Gasteiger partial charge in [0.25, 0.3) is 0 Å². The largest absolute Gasteiger partial charge is 0.309 e. The summed E-state index contributed by atoms with van der Waals surface area (Å²) < 4.78 is 2.47. The molecule has 1 nitrogen and oxygen atoms in total. The van der Waals surface area contributed by atoms with E-state index in [1.165, 1.54) is 82.4 Å². The third kappa shape index (κ3) is 2.85. The van der Waals surface area contributed by atoms with Crippen LogP contribution in [0, 0.1) is 0 Å². The molecular formula is C38H23N. The van der Waals surface area contributed by atoms with E-state index in [2.05, 4.69) is 144 Å². The van der Waals surface area contributed by atoms with E-state index in [9.17, 15) is 0 Å². The van der Waals surface area contributed by atoms with Crippen LogP contribution in [0.5, 0.6) is 0 Å². The van der Waals surface area contributed by atoms with Gasteiger partial charge in [-0.25, -0.2) is 0 Å². The second kappa shape index (κ2) is 7.69. The van der Waals surface area contributed by atoms with E-state index < -0.39 is 0 Å². The summed E-state index contributed by atoms with van der Waals surface area (Å²) in [7, 11) is 0. The summed E-state index contributed by atoms with van der Waals surface area (Å²) in [6, 6.07) is 51.2.